The van der Waals surface area contributed by atoms with E-state index in [1.54, 1.807) is 7.05 Å². The Morgan fingerprint density at radius 3 is 2.54 bits per heavy atom. The summed E-state index contributed by atoms with van der Waals surface area (Å²) < 4.78 is 37.6. The van der Waals surface area contributed by atoms with Crippen LogP contribution in [0.25, 0.3) is 0 Å². The molecule has 3 N–H and O–H groups in total. The summed E-state index contributed by atoms with van der Waals surface area (Å²) in [5.74, 6) is 0.659. The predicted octanol–water partition coefficient (Wildman–Crippen LogP) is 2.52. The van der Waals surface area contributed by atoms with E-state index < -0.39 is 11.9 Å². The largest absolute Gasteiger partial charge is 0.434 e. The van der Waals surface area contributed by atoms with Crippen molar-refractivity contribution in [3.05, 3.63) is 16.1 Å². The maximum absolute atomic E-state index is 12.5. The van der Waals surface area contributed by atoms with Crippen LogP contribution in [0.2, 0.25) is 0 Å². The highest BCUT2D eigenvalue weighted by molar-refractivity contribution is 7.09. The van der Waals surface area contributed by atoms with Gasteiger partial charge in [0.2, 0.25) is 5.91 Å². The van der Waals surface area contributed by atoms with Gasteiger partial charge in [-0.2, -0.15) is 13.2 Å². The lowest BCUT2D eigenvalue weighted by Gasteiger charge is -2.20. The maximum atomic E-state index is 12.5. The number of alkyl halides is 3. The van der Waals surface area contributed by atoms with Crippen LogP contribution in [0.1, 0.15) is 42.8 Å². The highest BCUT2D eigenvalue weighted by Gasteiger charge is 2.33. The van der Waals surface area contributed by atoms with E-state index in [0.717, 1.165) is 42.4 Å². The van der Waals surface area contributed by atoms with Crippen LogP contribution in [0.5, 0.6) is 0 Å². The van der Waals surface area contributed by atoms with Gasteiger partial charge in [0.05, 0.1) is 6.54 Å². The number of nitrogens with one attached hydrogen (secondary N) is 3. The highest BCUT2D eigenvalue weighted by atomic mass is 32.1. The number of rotatable bonds is 6. The summed E-state index contributed by atoms with van der Waals surface area (Å²) >= 11 is 0.944. The zero-order valence-corrected chi connectivity index (χ0v) is 15.5. The van der Waals surface area contributed by atoms with Crippen LogP contribution >= 0.6 is 11.3 Å². The van der Waals surface area contributed by atoms with Gasteiger partial charge in [-0.1, -0.05) is 19.3 Å². The summed E-state index contributed by atoms with van der Waals surface area (Å²) in [5.41, 5.74) is -0.882. The predicted molar refractivity (Wildman–Crippen MR) is 94.9 cm³/mol. The molecule has 0 saturated heterocycles. The summed E-state index contributed by atoms with van der Waals surface area (Å²) in [7, 11) is 1.57. The molecule has 1 fully saturated rings. The molecule has 0 bridgehead atoms. The second-order valence-electron chi connectivity index (χ2n) is 6.10. The van der Waals surface area contributed by atoms with Crippen molar-refractivity contribution in [3.63, 3.8) is 0 Å². The first kappa shape index (κ1) is 20.5. The van der Waals surface area contributed by atoms with E-state index in [9.17, 15) is 18.0 Å². The zero-order valence-electron chi connectivity index (χ0n) is 14.7. The second kappa shape index (κ2) is 9.75. The Labute approximate surface area is 154 Å². The molecule has 10 heteroatoms. The Morgan fingerprint density at radius 2 is 1.92 bits per heavy atom. The summed E-state index contributed by atoms with van der Waals surface area (Å²) in [5, 5.41) is 10.1. The molecule has 0 atom stereocenters. The van der Waals surface area contributed by atoms with E-state index >= 15 is 0 Å². The van der Waals surface area contributed by atoms with E-state index in [1.807, 2.05) is 0 Å². The molecule has 0 unspecified atom stereocenters. The number of aliphatic imine (C=N–C) groups is 1. The normalized spacial score (nSPS) is 16.4. The van der Waals surface area contributed by atoms with Gasteiger partial charge in [0.15, 0.2) is 11.7 Å². The third-order valence-electron chi connectivity index (χ3n) is 4.17. The summed E-state index contributed by atoms with van der Waals surface area (Å²) in [6, 6.07) is 0. The minimum atomic E-state index is -4.43. The number of carbonyl (C=O) groups is 1. The first-order chi connectivity index (χ1) is 12.4. The van der Waals surface area contributed by atoms with Crippen LogP contribution in [0.4, 0.5) is 13.2 Å². The number of thiazole rings is 1. The fraction of sp³-hybridized carbons (Fsp3) is 0.688. The van der Waals surface area contributed by atoms with Crippen molar-refractivity contribution >= 4 is 23.2 Å². The van der Waals surface area contributed by atoms with Crippen molar-refractivity contribution in [2.24, 2.45) is 10.9 Å². The van der Waals surface area contributed by atoms with Gasteiger partial charge in [0, 0.05) is 31.4 Å². The van der Waals surface area contributed by atoms with E-state index in [0.29, 0.717) is 24.1 Å². The first-order valence-corrected chi connectivity index (χ1v) is 9.52. The lowest BCUT2D eigenvalue weighted by atomic mass is 9.89. The fourth-order valence-electron chi connectivity index (χ4n) is 2.78. The van der Waals surface area contributed by atoms with Gasteiger partial charge in [-0.15, -0.1) is 11.3 Å². The van der Waals surface area contributed by atoms with Crippen molar-refractivity contribution in [1.29, 1.82) is 0 Å². The Kier molecular flexibility index (Phi) is 7.67. The molecular weight excluding hydrogens is 367 g/mol. The molecule has 1 aliphatic carbocycles. The van der Waals surface area contributed by atoms with Gasteiger partial charge in [0.1, 0.15) is 5.01 Å². The smallest absolute Gasteiger partial charge is 0.355 e. The van der Waals surface area contributed by atoms with Crippen LogP contribution in [0.15, 0.2) is 10.4 Å². The molecule has 26 heavy (non-hydrogen) atoms. The van der Waals surface area contributed by atoms with E-state index in [2.05, 4.69) is 25.9 Å². The summed E-state index contributed by atoms with van der Waals surface area (Å²) in [6.45, 7) is 1.09. The molecule has 1 aliphatic rings. The number of guanidine groups is 1. The molecule has 146 valence electrons. The summed E-state index contributed by atoms with van der Waals surface area (Å²) in [6.07, 6.45) is 0.911. The summed E-state index contributed by atoms with van der Waals surface area (Å²) in [4.78, 5) is 19.6. The Bertz CT molecular complexity index is 611. The average molecular weight is 391 g/mol. The van der Waals surface area contributed by atoms with Gasteiger partial charge in [-0.05, 0) is 12.8 Å². The average Bonchev–Trinajstić information content (AvgIpc) is 3.11. The number of amides is 1. The van der Waals surface area contributed by atoms with Crippen molar-refractivity contribution in [1.82, 2.24) is 20.9 Å². The third-order valence-corrected chi connectivity index (χ3v) is 5.01. The van der Waals surface area contributed by atoms with E-state index in [-0.39, 0.29) is 18.4 Å². The highest BCUT2D eigenvalue weighted by Crippen LogP contribution is 2.29. The quantitative estimate of drug-likeness (QED) is 0.396. The number of hydrogen-bond acceptors (Lipinski definition) is 4. The van der Waals surface area contributed by atoms with Crippen LogP contribution < -0.4 is 16.0 Å². The molecule has 1 aromatic rings. The van der Waals surface area contributed by atoms with Crippen molar-refractivity contribution in [2.45, 2.75) is 44.8 Å². The maximum Gasteiger partial charge on any atom is 0.434 e. The number of aromatic nitrogens is 1. The Balaban J connectivity index is 1.66. The van der Waals surface area contributed by atoms with Crippen LogP contribution in [-0.4, -0.2) is 37.0 Å². The van der Waals surface area contributed by atoms with Gasteiger partial charge >= 0.3 is 6.18 Å². The van der Waals surface area contributed by atoms with Crippen LogP contribution in [0.3, 0.4) is 0 Å². The molecule has 0 aromatic carbocycles. The SMILES string of the molecule is CN=C(NCCNC(=O)C1CCCCC1)NCc1nc(C(F)(F)F)cs1. The first-order valence-electron chi connectivity index (χ1n) is 8.64. The van der Waals surface area contributed by atoms with E-state index in [4.69, 9.17) is 0 Å². The monoisotopic (exact) mass is 391 g/mol. The topological polar surface area (TPSA) is 78.4 Å². The molecule has 6 nitrogen and oxygen atoms in total. The standard InChI is InChI=1S/C16H24F3N5OS/c1-20-15(23-9-13-24-12(10-26-13)16(17,18)19)22-8-7-21-14(25)11-5-3-2-4-6-11/h10-11H,2-9H2,1H3,(H,21,25)(H2,20,22,23). The Morgan fingerprint density at radius 1 is 1.23 bits per heavy atom. The molecule has 0 radical (unpaired) electrons. The van der Waals surface area contributed by atoms with Crippen molar-refractivity contribution in [2.75, 3.05) is 20.1 Å². The number of carbonyl (C=O) groups excluding carboxylic acids is 1. The Hall–Kier alpha value is -1.84. The molecule has 0 spiro atoms. The molecule has 1 saturated carbocycles. The van der Waals surface area contributed by atoms with Gasteiger partial charge in [0.25, 0.3) is 0 Å². The molecule has 1 amide bonds. The fourth-order valence-corrected chi connectivity index (χ4v) is 3.52. The molecule has 1 aromatic heterocycles. The molecule has 1 heterocycles. The number of nitrogens with zero attached hydrogens (tertiary/aromatic N) is 2. The number of hydrogen-bond donors (Lipinski definition) is 3. The van der Waals surface area contributed by atoms with Gasteiger partial charge < -0.3 is 16.0 Å². The lowest BCUT2D eigenvalue weighted by molar-refractivity contribution is -0.140. The third kappa shape index (κ3) is 6.47. The molecular formula is C16H24F3N5OS. The van der Waals surface area contributed by atoms with Crippen molar-refractivity contribution < 1.29 is 18.0 Å². The minimum Gasteiger partial charge on any atom is -0.355 e. The van der Waals surface area contributed by atoms with Crippen molar-refractivity contribution in [3.8, 4) is 0 Å². The number of halogens is 3. The van der Waals surface area contributed by atoms with Gasteiger partial charge in [-0.3, -0.25) is 9.79 Å². The lowest BCUT2D eigenvalue weighted by Crippen LogP contribution is -2.42. The second-order valence-corrected chi connectivity index (χ2v) is 7.05. The van der Waals surface area contributed by atoms with Crippen LogP contribution in [0, 0.1) is 5.92 Å². The van der Waals surface area contributed by atoms with Crippen LogP contribution in [-0.2, 0) is 17.5 Å². The van der Waals surface area contributed by atoms with Gasteiger partial charge in [-0.25, -0.2) is 4.98 Å². The minimum absolute atomic E-state index is 0.0944. The van der Waals surface area contributed by atoms with E-state index in [1.165, 1.54) is 6.42 Å². The molecule has 0 aliphatic heterocycles. The zero-order chi connectivity index (χ0) is 19.0. The molecule has 2 rings (SSSR count).